The molecule has 7 rings (SSSR count). The normalized spacial score (nSPS) is 41.9. The van der Waals surface area contributed by atoms with Gasteiger partial charge in [0.25, 0.3) is 0 Å². The Bertz CT molecular complexity index is 1250. The van der Waals surface area contributed by atoms with Crippen LogP contribution in [-0.4, -0.2) is 66.0 Å². The Morgan fingerprint density at radius 1 is 1.02 bits per heavy atom. The first-order chi connectivity index (χ1) is 19.7. The predicted molar refractivity (Wildman–Crippen MR) is 136 cm³/mol. The molecule has 6 bridgehead atoms. The van der Waals surface area contributed by atoms with E-state index in [1.165, 1.54) is 6.42 Å². The number of rotatable bonds is 10. The lowest BCUT2D eigenvalue weighted by molar-refractivity contribution is -0.218. The third kappa shape index (κ3) is 4.53. The van der Waals surface area contributed by atoms with E-state index in [1.807, 2.05) is 0 Å². The van der Waals surface area contributed by atoms with E-state index in [4.69, 9.17) is 18.8 Å². The van der Waals surface area contributed by atoms with Gasteiger partial charge in [0.1, 0.15) is 17.8 Å². The zero-order valence-electron chi connectivity index (χ0n) is 23.4. The average Bonchev–Trinajstić information content (AvgIpc) is 3.52. The summed E-state index contributed by atoms with van der Waals surface area (Å²) in [4.78, 5) is 51.4. The summed E-state index contributed by atoms with van der Waals surface area (Å²) >= 11 is 0. The second-order valence-corrected chi connectivity index (χ2v) is 14.7. The van der Waals surface area contributed by atoms with Gasteiger partial charge >= 0.3 is 39.2 Å². The molecule has 7 aliphatic rings. The third-order valence-corrected chi connectivity index (χ3v) is 12.1. The predicted octanol–water partition coefficient (Wildman–Crippen LogP) is 3.05. The van der Waals surface area contributed by atoms with Gasteiger partial charge in [0.15, 0.2) is 6.10 Å². The molecule has 234 valence electrons. The standard InChI is InChI=1S/C28H36F2O11S/c1-3-27(15-7-13-6-14(9-15)10-16(27)8-13)41-26(34)22-18-11-17-21(22)25(33)40-24(17)23(18)39-20(32)5-4-19(31)38-12(2)28(29,30)42(35,36)37/h12-18,21-24H,3-11H2,1-2H3,(H,35,36,37). The molecule has 0 aromatic carbocycles. The lowest BCUT2D eigenvalue weighted by Crippen LogP contribution is -2.60. The van der Waals surface area contributed by atoms with Gasteiger partial charge in [-0.1, -0.05) is 6.92 Å². The smallest absolute Gasteiger partial charge is 0.405 e. The highest BCUT2D eigenvalue weighted by atomic mass is 32.2. The number of alkyl halides is 2. The summed E-state index contributed by atoms with van der Waals surface area (Å²) < 4.78 is 79.6. The van der Waals surface area contributed by atoms with Crippen LogP contribution in [0.3, 0.4) is 0 Å². The van der Waals surface area contributed by atoms with E-state index in [2.05, 4.69) is 11.7 Å². The van der Waals surface area contributed by atoms with Gasteiger partial charge < -0.3 is 18.9 Å². The van der Waals surface area contributed by atoms with Gasteiger partial charge in [-0.05, 0) is 75.5 Å². The van der Waals surface area contributed by atoms with E-state index in [0.717, 1.165) is 25.7 Å². The molecule has 1 aliphatic heterocycles. The molecule has 0 aromatic rings. The number of carbonyl (C=O) groups excluding carboxylic acids is 4. The fraction of sp³-hybridized carbons (Fsp3) is 0.857. The molecule has 7 atom stereocenters. The molecule has 14 heteroatoms. The summed E-state index contributed by atoms with van der Waals surface area (Å²) in [6, 6.07) is 0. The Morgan fingerprint density at radius 2 is 1.62 bits per heavy atom. The van der Waals surface area contributed by atoms with E-state index in [9.17, 15) is 36.4 Å². The molecular formula is C28H36F2O11S. The highest BCUT2D eigenvalue weighted by Gasteiger charge is 2.71. The van der Waals surface area contributed by atoms with Crippen molar-refractivity contribution in [2.45, 2.75) is 101 Å². The molecule has 11 nitrogen and oxygen atoms in total. The van der Waals surface area contributed by atoms with Crippen LogP contribution in [0.2, 0.25) is 0 Å². The van der Waals surface area contributed by atoms with E-state index in [-0.39, 0.29) is 5.92 Å². The van der Waals surface area contributed by atoms with Crippen LogP contribution in [0.25, 0.3) is 0 Å². The van der Waals surface area contributed by atoms with Gasteiger partial charge in [0.2, 0.25) is 0 Å². The van der Waals surface area contributed by atoms with Gasteiger partial charge in [-0.25, -0.2) is 0 Å². The Kier molecular flexibility index (Phi) is 7.14. The fourth-order valence-corrected chi connectivity index (χ4v) is 9.94. The Hall–Kier alpha value is -2.35. The largest absolute Gasteiger partial charge is 0.458 e. The van der Waals surface area contributed by atoms with Crippen LogP contribution in [0, 0.1) is 47.3 Å². The molecule has 7 unspecified atom stereocenters. The van der Waals surface area contributed by atoms with E-state index in [0.29, 0.717) is 43.4 Å². The van der Waals surface area contributed by atoms with Crippen molar-refractivity contribution in [1.82, 2.24) is 0 Å². The van der Waals surface area contributed by atoms with Crippen LogP contribution < -0.4 is 0 Å². The second kappa shape index (κ2) is 10.1. The number of halogens is 2. The zero-order valence-corrected chi connectivity index (χ0v) is 24.2. The Morgan fingerprint density at radius 3 is 2.19 bits per heavy atom. The van der Waals surface area contributed by atoms with Crippen molar-refractivity contribution in [3.05, 3.63) is 0 Å². The maximum atomic E-state index is 13.9. The van der Waals surface area contributed by atoms with Crippen molar-refractivity contribution in [2.24, 2.45) is 47.3 Å². The number of hydrogen-bond acceptors (Lipinski definition) is 10. The van der Waals surface area contributed by atoms with Crippen molar-refractivity contribution in [1.29, 1.82) is 0 Å². The lowest BCUT2D eigenvalue weighted by Gasteiger charge is -2.60. The van der Waals surface area contributed by atoms with Gasteiger partial charge in [-0.2, -0.15) is 17.2 Å². The van der Waals surface area contributed by atoms with Gasteiger partial charge in [0.05, 0.1) is 24.7 Å². The number of esters is 4. The average molecular weight is 619 g/mol. The monoisotopic (exact) mass is 618 g/mol. The zero-order chi connectivity index (χ0) is 30.4. The summed E-state index contributed by atoms with van der Waals surface area (Å²) in [6.07, 6.45) is 1.18. The maximum Gasteiger partial charge on any atom is 0.405 e. The van der Waals surface area contributed by atoms with Crippen LogP contribution in [0.4, 0.5) is 8.78 Å². The summed E-state index contributed by atoms with van der Waals surface area (Å²) in [6.45, 7) is 2.64. The van der Waals surface area contributed by atoms with E-state index in [1.54, 1.807) is 0 Å². The van der Waals surface area contributed by atoms with Crippen molar-refractivity contribution in [3.8, 4) is 0 Å². The fourth-order valence-electron chi connectivity index (χ4n) is 9.47. The van der Waals surface area contributed by atoms with Gasteiger partial charge in [-0.15, -0.1) is 0 Å². The molecule has 0 aromatic heterocycles. The van der Waals surface area contributed by atoms with Crippen molar-refractivity contribution in [3.63, 3.8) is 0 Å². The molecule has 6 saturated carbocycles. The summed E-state index contributed by atoms with van der Waals surface area (Å²) in [5.74, 6) is -3.45. The molecule has 42 heavy (non-hydrogen) atoms. The lowest BCUT2D eigenvalue weighted by atomic mass is 9.49. The van der Waals surface area contributed by atoms with Gasteiger partial charge in [0, 0.05) is 11.8 Å². The van der Waals surface area contributed by atoms with Crippen LogP contribution >= 0.6 is 0 Å². The van der Waals surface area contributed by atoms with Crippen molar-refractivity contribution in [2.75, 3.05) is 0 Å². The Balaban J connectivity index is 1.09. The number of ether oxygens (including phenoxy) is 4. The number of carbonyl (C=O) groups is 4. The second-order valence-electron chi connectivity index (χ2n) is 13.2. The first kappa shape index (κ1) is 29.7. The minimum Gasteiger partial charge on any atom is -0.458 e. The summed E-state index contributed by atoms with van der Waals surface area (Å²) in [5.41, 5.74) is -0.552. The van der Waals surface area contributed by atoms with Crippen molar-refractivity contribution < 1.29 is 59.9 Å². The SMILES string of the molecule is CCC1(OC(=O)C2C3CC4C(OC(=O)C42)C3OC(=O)CCC(=O)OC(C)C(F)(F)S(=O)(=O)O)C2CC3CC(C2)CC1C3. The molecule has 6 aliphatic carbocycles. The first-order valence-corrected chi connectivity index (χ1v) is 16.3. The molecule has 1 heterocycles. The molecule has 1 N–H and O–H groups in total. The topological polar surface area (TPSA) is 160 Å². The molecule has 0 amide bonds. The van der Waals surface area contributed by atoms with E-state index >= 15 is 0 Å². The van der Waals surface area contributed by atoms with Crippen molar-refractivity contribution >= 4 is 34.0 Å². The van der Waals surface area contributed by atoms with Crippen LogP contribution in [0.5, 0.6) is 0 Å². The van der Waals surface area contributed by atoms with E-state index < -0.39 is 93.8 Å². The maximum absolute atomic E-state index is 13.9. The summed E-state index contributed by atoms with van der Waals surface area (Å²) in [7, 11) is -5.82. The molecule has 0 spiro atoms. The quantitative estimate of drug-likeness (QED) is 0.218. The van der Waals surface area contributed by atoms with Crippen LogP contribution in [-0.2, 0) is 48.2 Å². The minimum atomic E-state index is -5.82. The Labute approximate surface area is 242 Å². The van der Waals surface area contributed by atoms with Gasteiger partial charge in [-0.3, -0.25) is 23.7 Å². The molecule has 7 fully saturated rings. The third-order valence-electron chi connectivity index (χ3n) is 11.1. The highest BCUT2D eigenvalue weighted by molar-refractivity contribution is 7.86. The molecular weight excluding hydrogens is 582 g/mol. The number of hydrogen-bond donors (Lipinski definition) is 1. The number of fused-ring (bicyclic) bond motifs is 1. The molecule has 0 radical (unpaired) electrons. The minimum absolute atomic E-state index is 0.303. The highest BCUT2D eigenvalue weighted by Crippen LogP contribution is 2.63. The van der Waals surface area contributed by atoms with Crippen LogP contribution in [0.15, 0.2) is 0 Å². The first-order valence-electron chi connectivity index (χ1n) is 14.8. The summed E-state index contributed by atoms with van der Waals surface area (Å²) in [5, 5.41) is -4.73. The van der Waals surface area contributed by atoms with Crippen LogP contribution in [0.1, 0.15) is 71.6 Å². The molecule has 1 saturated heterocycles.